The summed E-state index contributed by atoms with van der Waals surface area (Å²) in [5, 5.41) is 11.1. The molecule has 16 heavy (non-hydrogen) atoms. The standard InChI is InChI=1S/C11H13NO3S/c1-6-3-4-16-10(6)9-7(11(14)15)5-8(13)12(9)2/h3-4,7,9H,5H2,1-2H3,(H,14,15). The Balaban J connectivity index is 2.40. The van der Waals surface area contributed by atoms with E-state index in [0.717, 1.165) is 10.4 Å². The third-order valence-electron chi connectivity index (χ3n) is 3.07. The fourth-order valence-corrected chi connectivity index (χ4v) is 3.27. The van der Waals surface area contributed by atoms with E-state index in [1.165, 1.54) is 11.3 Å². The van der Waals surface area contributed by atoms with Gasteiger partial charge in [-0.2, -0.15) is 0 Å². The Morgan fingerprint density at radius 2 is 2.31 bits per heavy atom. The lowest BCUT2D eigenvalue weighted by Gasteiger charge is -2.22. The van der Waals surface area contributed by atoms with Crippen LogP contribution in [0.25, 0.3) is 0 Å². The Hall–Kier alpha value is -1.36. The first-order chi connectivity index (χ1) is 7.52. The minimum Gasteiger partial charge on any atom is -0.481 e. The summed E-state index contributed by atoms with van der Waals surface area (Å²) in [5.74, 6) is -1.60. The molecule has 1 aromatic heterocycles. The van der Waals surface area contributed by atoms with E-state index in [2.05, 4.69) is 0 Å². The van der Waals surface area contributed by atoms with Crippen LogP contribution in [0.3, 0.4) is 0 Å². The smallest absolute Gasteiger partial charge is 0.309 e. The van der Waals surface area contributed by atoms with Gasteiger partial charge in [-0.1, -0.05) is 0 Å². The molecule has 5 heteroatoms. The molecule has 0 aliphatic carbocycles. The van der Waals surface area contributed by atoms with Gasteiger partial charge in [-0.3, -0.25) is 9.59 Å². The molecule has 1 amide bonds. The van der Waals surface area contributed by atoms with Crippen LogP contribution in [0.2, 0.25) is 0 Å². The maximum atomic E-state index is 11.6. The lowest BCUT2D eigenvalue weighted by atomic mass is 9.97. The minimum absolute atomic E-state index is 0.0924. The van der Waals surface area contributed by atoms with Gasteiger partial charge >= 0.3 is 5.97 Å². The van der Waals surface area contributed by atoms with Gasteiger partial charge in [0.2, 0.25) is 5.91 Å². The maximum Gasteiger partial charge on any atom is 0.309 e. The molecule has 1 aliphatic heterocycles. The van der Waals surface area contributed by atoms with Crippen molar-refractivity contribution in [2.75, 3.05) is 7.05 Å². The molecule has 0 spiro atoms. The number of aryl methyl sites for hydroxylation is 1. The number of carboxylic acids is 1. The number of likely N-dealkylation sites (tertiary alicyclic amines) is 1. The molecule has 0 radical (unpaired) electrons. The second kappa shape index (κ2) is 3.90. The van der Waals surface area contributed by atoms with Crippen LogP contribution in [-0.4, -0.2) is 28.9 Å². The van der Waals surface area contributed by atoms with E-state index < -0.39 is 11.9 Å². The quantitative estimate of drug-likeness (QED) is 0.854. The fourth-order valence-electron chi connectivity index (χ4n) is 2.14. The molecular formula is C11H13NO3S. The molecule has 1 aromatic rings. The van der Waals surface area contributed by atoms with E-state index in [1.807, 2.05) is 18.4 Å². The number of nitrogens with zero attached hydrogens (tertiary/aromatic N) is 1. The zero-order chi connectivity index (χ0) is 11.9. The number of rotatable bonds is 2. The molecule has 0 aromatic carbocycles. The van der Waals surface area contributed by atoms with Crippen LogP contribution in [0.1, 0.15) is 22.9 Å². The van der Waals surface area contributed by atoms with E-state index in [-0.39, 0.29) is 18.4 Å². The average molecular weight is 239 g/mol. The van der Waals surface area contributed by atoms with Crippen molar-refractivity contribution in [3.05, 3.63) is 21.9 Å². The normalized spacial score (nSPS) is 25.1. The molecule has 2 unspecified atom stereocenters. The van der Waals surface area contributed by atoms with Gasteiger partial charge < -0.3 is 10.0 Å². The number of amides is 1. The number of hydrogen-bond donors (Lipinski definition) is 1. The van der Waals surface area contributed by atoms with Crippen LogP contribution in [0.15, 0.2) is 11.4 Å². The van der Waals surface area contributed by atoms with Crippen LogP contribution in [0.4, 0.5) is 0 Å². The monoisotopic (exact) mass is 239 g/mol. The highest BCUT2D eigenvalue weighted by Crippen LogP contribution is 2.40. The first-order valence-electron chi connectivity index (χ1n) is 5.05. The highest BCUT2D eigenvalue weighted by Gasteiger charge is 2.43. The number of aliphatic carboxylic acids is 1. The summed E-state index contributed by atoms with van der Waals surface area (Å²) in [6, 6.07) is 1.65. The Kier molecular flexibility index (Phi) is 2.71. The molecule has 1 N–H and O–H groups in total. The minimum atomic E-state index is -0.893. The van der Waals surface area contributed by atoms with Gasteiger partial charge in [0.25, 0.3) is 0 Å². The van der Waals surface area contributed by atoms with Crippen molar-refractivity contribution in [2.45, 2.75) is 19.4 Å². The predicted molar refractivity (Wildman–Crippen MR) is 60.3 cm³/mol. The van der Waals surface area contributed by atoms with E-state index in [1.54, 1.807) is 11.9 Å². The number of carboxylic acid groups (broad SMARTS) is 1. The molecule has 1 fully saturated rings. The summed E-state index contributed by atoms with van der Waals surface area (Å²) in [6.07, 6.45) is 0.105. The van der Waals surface area contributed by atoms with Crippen molar-refractivity contribution in [2.24, 2.45) is 5.92 Å². The van der Waals surface area contributed by atoms with Crippen LogP contribution >= 0.6 is 11.3 Å². The zero-order valence-corrected chi connectivity index (χ0v) is 9.95. The van der Waals surface area contributed by atoms with E-state index in [0.29, 0.717) is 0 Å². The molecule has 1 saturated heterocycles. The number of carbonyl (C=O) groups is 2. The Labute approximate surface area is 97.5 Å². The summed E-state index contributed by atoms with van der Waals surface area (Å²) in [7, 11) is 1.68. The second-order valence-electron chi connectivity index (χ2n) is 4.07. The summed E-state index contributed by atoms with van der Waals surface area (Å²) < 4.78 is 0. The van der Waals surface area contributed by atoms with Crippen molar-refractivity contribution < 1.29 is 14.7 Å². The van der Waals surface area contributed by atoms with Crippen molar-refractivity contribution in [1.29, 1.82) is 0 Å². The Morgan fingerprint density at radius 1 is 1.62 bits per heavy atom. The number of carbonyl (C=O) groups excluding carboxylic acids is 1. The first kappa shape index (κ1) is 11.1. The van der Waals surface area contributed by atoms with Crippen LogP contribution in [-0.2, 0) is 9.59 Å². The Bertz CT molecular complexity index is 440. The van der Waals surface area contributed by atoms with Crippen LogP contribution in [0, 0.1) is 12.8 Å². The molecular weight excluding hydrogens is 226 g/mol. The van der Waals surface area contributed by atoms with E-state index in [9.17, 15) is 9.59 Å². The van der Waals surface area contributed by atoms with Crippen molar-refractivity contribution in [1.82, 2.24) is 4.90 Å². The van der Waals surface area contributed by atoms with Gasteiger partial charge in [0.05, 0.1) is 12.0 Å². The van der Waals surface area contributed by atoms with Gasteiger partial charge in [0.15, 0.2) is 0 Å². The highest BCUT2D eigenvalue weighted by atomic mass is 32.1. The molecule has 0 saturated carbocycles. The average Bonchev–Trinajstić information content (AvgIpc) is 2.73. The lowest BCUT2D eigenvalue weighted by molar-refractivity contribution is -0.142. The predicted octanol–water partition coefficient (Wildman–Crippen LogP) is 1.66. The molecule has 2 heterocycles. The maximum absolute atomic E-state index is 11.6. The summed E-state index contributed by atoms with van der Waals surface area (Å²) in [5.41, 5.74) is 1.06. The van der Waals surface area contributed by atoms with Gasteiger partial charge in [0.1, 0.15) is 0 Å². The zero-order valence-electron chi connectivity index (χ0n) is 9.14. The van der Waals surface area contributed by atoms with E-state index in [4.69, 9.17) is 5.11 Å². The van der Waals surface area contributed by atoms with Gasteiger partial charge in [-0.25, -0.2) is 0 Å². The fraction of sp³-hybridized carbons (Fsp3) is 0.455. The molecule has 1 aliphatic rings. The molecule has 86 valence electrons. The van der Waals surface area contributed by atoms with Crippen molar-refractivity contribution >= 4 is 23.2 Å². The van der Waals surface area contributed by atoms with E-state index >= 15 is 0 Å². The molecule has 2 rings (SSSR count). The first-order valence-corrected chi connectivity index (χ1v) is 5.92. The highest BCUT2D eigenvalue weighted by molar-refractivity contribution is 7.10. The van der Waals surface area contributed by atoms with Gasteiger partial charge in [-0.05, 0) is 23.9 Å². The SMILES string of the molecule is Cc1ccsc1C1C(C(=O)O)CC(=O)N1C. The van der Waals surface area contributed by atoms with Gasteiger partial charge in [-0.15, -0.1) is 11.3 Å². The van der Waals surface area contributed by atoms with Crippen molar-refractivity contribution in [3.8, 4) is 0 Å². The van der Waals surface area contributed by atoms with Crippen molar-refractivity contribution in [3.63, 3.8) is 0 Å². The largest absolute Gasteiger partial charge is 0.481 e. The van der Waals surface area contributed by atoms with Crippen LogP contribution < -0.4 is 0 Å². The third-order valence-corrected chi connectivity index (χ3v) is 4.16. The summed E-state index contributed by atoms with van der Waals surface area (Å²) in [4.78, 5) is 25.2. The Morgan fingerprint density at radius 3 is 2.81 bits per heavy atom. The number of thiophene rings is 1. The summed E-state index contributed by atoms with van der Waals surface area (Å²) in [6.45, 7) is 1.95. The third kappa shape index (κ3) is 1.61. The van der Waals surface area contributed by atoms with Gasteiger partial charge in [0, 0.05) is 18.3 Å². The summed E-state index contributed by atoms with van der Waals surface area (Å²) >= 11 is 1.52. The number of hydrogen-bond acceptors (Lipinski definition) is 3. The molecule has 0 bridgehead atoms. The second-order valence-corrected chi connectivity index (χ2v) is 5.01. The molecule has 4 nitrogen and oxygen atoms in total. The van der Waals surface area contributed by atoms with Crippen LogP contribution in [0.5, 0.6) is 0 Å². The topological polar surface area (TPSA) is 57.6 Å². The lowest BCUT2D eigenvalue weighted by Crippen LogP contribution is -2.26. The molecule has 2 atom stereocenters.